The minimum Gasteiger partial charge on any atom is -0.502 e. The molecular weight excluding hydrogens is 264 g/mol. The second-order valence-corrected chi connectivity index (χ2v) is 5.00. The molecule has 1 fully saturated rings. The summed E-state index contributed by atoms with van der Waals surface area (Å²) < 4.78 is 0. The molecule has 1 heterocycles. The van der Waals surface area contributed by atoms with Crippen molar-refractivity contribution in [1.82, 2.24) is 4.90 Å². The number of phenols is 1. The fourth-order valence-corrected chi connectivity index (χ4v) is 2.36. The maximum atomic E-state index is 12.2. The van der Waals surface area contributed by atoms with Crippen LogP contribution in [0.4, 0.5) is 5.69 Å². The van der Waals surface area contributed by atoms with Crippen LogP contribution in [0.3, 0.4) is 0 Å². The first-order valence-corrected chi connectivity index (χ1v) is 6.35. The smallest absolute Gasteiger partial charge is 0.310 e. The monoisotopic (exact) mass is 280 g/mol. The normalized spacial score (nSPS) is 19.9. The van der Waals surface area contributed by atoms with Gasteiger partial charge in [-0.1, -0.05) is 0 Å². The van der Waals surface area contributed by atoms with Crippen molar-refractivity contribution < 1.29 is 19.9 Å². The van der Waals surface area contributed by atoms with Gasteiger partial charge in [0.25, 0.3) is 5.91 Å². The van der Waals surface area contributed by atoms with E-state index in [1.807, 2.05) is 0 Å². The molecule has 0 spiro atoms. The van der Waals surface area contributed by atoms with E-state index >= 15 is 0 Å². The van der Waals surface area contributed by atoms with Gasteiger partial charge in [0.05, 0.1) is 11.0 Å². The number of benzene rings is 1. The zero-order valence-electron chi connectivity index (χ0n) is 11.0. The van der Waals surface area contributed by atoms with Crippen molar-refractivity contribution in [2.24, 2.45) is 5.92 Å². The zero-order valence-corrected chi connectivity index (χ0v) is 11.0. The molecule has 0 aromatic heterocycles. The first kappa shape index (κ1) is 14.3. The lowest BCUT2D eigenvalue weighted by atomic mass is 10.0. The maximum absolute atomic E-state index is 12.2. The molecule has 2 unspecified atom stereocenters. The number of phenolic OH excluding ortho intramolecular Hbond substituents is 1. The second-order valence-electron chi connectivity index (χ2n) is 5.00. The number of hydrogen-bond acceptors (Lipinski definition) is 5. The number of aromatic hydroxyl groups is 1. The van der Waals surface area contributed by atoms with Crippen LogP contribution in [0.5, 0.6) is 5.75 Å². The Morgan fingerprint density at radius 1 is 1.55 bits per heavy atom. The Hall–Kier alpha value is -2.15. The van der Waals surface area contributed by atoms with Gasteiger partial charge >= 0.3 is 5.69 Å². The lowest BCUT2D eigenvalue weighted by molar-refractivity contribution is -0.385. The molecule has 2 rings (SSSR count). The maximum Gasteiger partial charge on any atom is 0.310 e. The third-order valence-electron chi connectivity index (χ3n) is 3.61. The standard InChI is InChI=1S/C13H16N2O5/c1-8(16)10-4-5-14(7-10)13(18)9-2-3-11(15(19)20)12(17)6-9/h2-3,6,8,10,16-17H,4-5,7H2,1H3. The molecule has 1 aliphatic heterocycles. The number of rotatable bonds is 3. The molecule has 0 saturated carbocycles. The van der Waals surface area contributed by atoms with E-state index in [4.69, 9.17) is 0 Å². The van der Waals surface area contributed by atoms with Crippen LogP contribution in [0, 0.1) is 16.0 Å². The number of hydrogen-bond donors (Lipinski definition) is 2. The van der Waals surface area contributed by atoms with E-state index in [1.165, 1.54) is 6.07 Å². The molecule has 1 aliphatic rings. The Bertz CT molecular complexity index is 544. The molecule has 20 heavy (non-hydrogen) atoms. The van der Waals surface area contributed by atoms with Crippen LogP contribution in [0.1, 0.15) is 23.7 Å². The van der Waals surface area contributed by atoms with Gasteiger partial charge in [-0.05, 0) is 25.5 Å². The molecule has 2 atom stereocenters. The number of carbonyl (C=O) groups excluding carboxylic acids is 1. The highest BCUT2D eigenvalue weighted by molar-refractivity contribution is 5.95. The van der Waals surface area contributed by atoms with Gasteiger partial charge in [0.15, 0.2) is 5.75 Å². The summed E-state index contributed by atoms with van der Waals surface area (Å²) in [5.74, 6) is -0.768. The molecule has 0 aliphatic carbocycles. The first-order chi connectivity index (χ1) is 9.40. The molecule has 2 N–H and O–H groups in total. The van der Waals surface area contributed by atoms with Crippen molar-refractivity contribution >= 4 is 11.6 Å². The Balaban J connectivity index is 2.14. The third-order valence-corrected chi connectivity index (χ3v) is 3.61. The molecule has 1 aromatic carbocycles. The summed E-state index contributed by atoms with van der Waals surface area (Å²) in [7, 11) is 0. The topological polar surface area (TPSA) is 104 Å². The molecule has 7 heteroatoms. The van der Waals surface area contributed by atoms with Gasteiger partial charge in [-0.3, -0.25) is 14.9 Å². The third kappa shape index (κ3) is 2.72. The molecule has 0 bridgehead atoms. The summed E-state index contributed by atoms with van der Waals surface area (Å²) in [4.78, 5) is 23.7. The van der Waals surface area contributed by atoms with Crippen molar-refractivity contribution in [3.63, 3.8) is 0 Å². The Kier molecular flexibility index (Phi) is 3.89. The van der Waals surface area contributed by atoms with Crippen LogP contribution < -0.4 is 0 Å². The van der Waals surface area contributed by atoms with Gasteiger partial charge in [0.2, 0.25) is 0 Å². The first-order valence-electron chi connectivity index (χ1n) is 6.35. The van der Waals surface area contributed by atoms with E-state index < -0.39 is 22.5 Å². The Labute approximate surface area is 115 Å². The van der Waals surface area contributed by atoms with Crippen LogP contribution in [-0.4, -0.2) is 45.1 Å². The van der Waals surface area contributed by atoms with E-state index in [0.717, 1.165) is 18.6 Å². The number of nitrogens with zero attached hydrogens (tertiary/aromatic N) is 2. The van der Waals surface area contributed by atoms with Crippen LogP contribution >= 0.6 is 0 Å². The van der Waals surface area contributed by atoms with E-state index in [-0.39, 0.29) is 17.4 Å². The van der Waals surface area contributed by atoms with Crippen molar-refractivity contribution in [1.29, 1.82) is 0 Å². The van der Waals surface area contributed by atoms with Gasteiger partial charge in [-0.25, -0.2) is 0 Å². The molecule has 1 aromatic rings. The predicted molar refractivity (Wildman–Crippen MR) is 70.5 cm³/mol. The summed E-state index contributed by atoms with van der Waals surface area (Å²) >= 11 is 0. The van der Waals surface area contributed by atoms with Gasteiger partial charge in [0, 0.05) is 30.6 Å². The highest BCUT2D eigenvalue weighted by Crippen LogP contribution is 2.28. The number of likely N-dealkylation sites (tertiary alicyclic amines) is 1. The van der Waals surface area contributed by atoms with Crippen molar-refractivity contribution in [3.8, 4) is 5.75 Å². The number of nitro groups is 1. The lowest BCUT2D eigenvalue weighted by Gasteiger charge is -2.17. The van der Waals surface area contributed by atoms with E-state index in [0.29, 0.717) is 13.1 Å². The molecule has 1 saturated heterocycles. The summed E-state index contributed by atoms with van der Waals surface area (Å²) in [5, 5.41) is 29.7. The highest BCUT2D eigenvalue weighted by Gasteiger charge is 2.30. The fraction of sp³-hybridized carbons (Fsp3) is 0.462. The van der Waals surface area contributed by atoms with Crippen molar-refractivity contribution in [3.05, 3.63) is 33.9 Å². The number of nitro benzene ring substituents is 1. The number of amides is 1. The van der Waals surface area contributed by atoms with E-state index in [2.05, 4.69) is 0 Å². The Morgan fingerprint density at radius 2 is 2.25 bits per heavy atom. The summed E-state index contributed by atoms with van der Waals surface area (Å²) in [5.41, 5.74) is -0.218. The summed E-state index contributed by atoms with van der Waals surface area (Å²) in [6, 6.07) is 3.55. The summed E-state index contributed by atoms with van der Waals surface area (Å²) in [6.07, 6.45) is 0.251. The number of aliphatic hydroxyl groups excluding tert-OH is 1. The molecule has 1 amide bonds. The fourth-order valence-electron chi connectivity index (χ4n) is 2.36. The van der Waals surface area contributed by atoms with E-state index in [9.17, 15) is 25.1 Å². The average Bonchev–Trinajstić information content (AvgIpc) is 2.87. The van der Waals surface area contributed by atoms with Gasteiger partial charge in [-0.2, -0.15) is 0 Å². The average molecular weight is 280 g/mol. The van der Waals surface area contributed by atoms with Crippen molar-refractivity contribution in [2.45, 2.75) is 19.4 Å². The van der Waals surface area contributed by atoms with Crippen LogP contribution in [0.15, 0.2) is 18.2 Å². The highest BCUT2D eigenvalue weighted by atomic mass is 16.6. The van der Waals surface area contributed by atoms with Crippen LogP contribution in [-0.2, 0) is 0 Å². The molecular formula is C13H16N2O5. The SMILES string of the molecule is CC(O)C1CCN(C(=O)c2ccc([N+](=O)[O-])c(O)c2)C1. The Morgan fingerprint density at radius 3 is 2.75 bits per heavy atom. The van der Waals surface area contributed by atoms with Crippen LogP contribution in [0.25, 0.3) is 0 Å². The van der Waals surface area contributed by atoms with Gasteiger partial charge in [0.1, 0.15) is 0 Å². The van der Waals surface area contributed by atoms with Crippen LogP contribution in [0.2, 0.25) is 0 Å². The van der Waals surface area contributed by atoms with Gasteiger partial charge < -0.3 is 15.1 Å². The molecule has 7 nitrogen and oxygen atoms in total. The minimum atomic E-state index is -0.705. The number of aliphatic hydroxyl groups is 1. The largest absolute Gasteiger partial charge is 0.502 e. The summed E-state index contributed by atoms with van der Waals surface area (Å²) in [6.45, 7) is 2.68. The lowest BCUT2D eigenvalue weighted by Crippen LogP contribution is -2.30. The minimum absolute atomic E-state index is 0.0468. The van der Waals surface area contributed by atoms with Crippen molar-refractivity contribution in [2.75, 3.05) is 13.1 Å². The predicted octanol–water partition coefficient (Wildman–Crippen LogP) is 1.14. The zero-order chi connectivity index (χ0) is 14.9. The second kappa shape index (κ2) is 5.46. The van der Waals surface area contributed by atoms with Gasteiger partial charge in [-0.15, -0.1) is 0 Å². The quantitative estimate of drug-likeness (QED) is 0.638. The molecule has 108 valence electrons. The van der Waals surface area contributed by atoms with E-state index in [1.54, 1.807) is 11.8 Å². The number of carbonyl (C=O) groups is 1. The molecule has 0 radical (unpaired) electrons.